The summed E-state index contributed by atoms with van der Waals surface area (Å²) in [4.78, 5) is 11.5. The normalized spacial score (nSPS) is 34.0. The van der Waals surface area contributed by atoms with Crippen molar-refractivity contribution in [3.05, 3.63) is 0 Å². The molecule has 2 fully saturated rings. The fraction of sp³-hybridized carbons (Fsp3) is 0.917. The van der Waals surface area contributed by atoms with Gasteiger partial charge in [0.15, 0.2) is 0 Å². The van der Waals surface area contributed by atoms with Crippen LogP contribution in [0, 0.1) is 11.8 Å². The van der Waals surface area contributed by atoms with Gasteiger partial charge >= 0.3 is 0 Å². The van der Waals surface area contributed by atoms with Crippen molar-refractivity contribution in [2.75, 3.05) is 32.7 Å². The van der Waals surface area contributed by atoms with Gasteiger partial charge in [-0.05, 0) is 18.3 Å². The summed E-state index contributed by atoms with van der Waals surface area (Å²) >= 11 is 0. The molecule has 3 unspecified atom stereocenters. The smallest absolute Gasteiger partial charge is 0.282 e. The summed E-state index contributed by atoms with van der Waals surface area (Å²) in [7, 11) is -3.62. The first-order chi connectivity index (χ1) is 9.32. The lowest BCUT2D eigenvalue weighted by molar-refractivity contribution is -0.122. The maximum Gasteiger partial charge on any atom is 0.282 e. The molecule has 2 heterocycles. The maximum absolute atomic E-state index is 12.8. The highest BCUT2D eigenvalue weighted by atomic mass is 32.2. The predicted molar refractivity (Wildman–Crippen MR) is 76.0 cm³/mol. The summed E-state index contributed by atoms with van der Waals surface area (Å²) in [6, 6.07) is -0.790. The van der Waals surface area contributed by atoms with Crippen molar-refractivity contribution in [2.45, 2.75) is 26.3 Å². The molecule has 1 amide bonds. The summed E-state index contributed by atoms with van der Waals surface area (Å²) < 4.78 is 28.3. The number of hydrogen-bond donors (Lipinski definition) is 2. The van der Waals surface area contributed by atoms with E-state index in [0.29, 0.717) is 31.5 Å². The molecular formula is C12H24N4O3S. The predicted octanol–water partition coefficient (Wildman–Crippen LogP) is -1.03. The Hall–Kier alpha value is -0.700. The molecule has 0 aliphatic carbocycles. The summed E-state index contributed by atoms with van der Waals surface area (Å²) in [5.41, 5.74) is 5.33. The minimum absolute atomic E-state index is 0.285. The molecule has 0 radical (unpaired) electrons. The Kier molecular flexibility index (Phi) is 4.68. The van der Waals surface area contributed by atoms with Crippen LogP contribution in [-0.4, -0.2) is 61.7 Å². The molecule has 0 saturated carbocycles. The van der Waals surface area contributed by atoms with Crippen molar-refractivity contribution < 1.29 is 13.2 Å². The molecule has 3 atom stereocenters. The Labute approximate surface area is 120 Å². The van der Waals surface area contributed by atoms with Crippen molar-refractivity contribution in [3.8, 4) is 0 Å². The van der Waals surface area contributed by atoms with Crippen LogP contribution in [0.4, 0.5) is 0 Å². The quantitative estimate of drug-likeness (QED) is 0.697. The van der Waals surface area contributed by atoms with Crippen LogP contribution in [0.5, 0.6) is 0 Å². The topological polar surface area (TPSA) is 95.7 Å². The number of rotatable bonds is 3. The highest BCUT2D eigenvalue weighted by Crippen LogP contribution is 2.25. The van der Waals surface area contributed by atoms with Crippen molar-refractivity contribution in [2.24, 2.45) is 17.6 Å². The number of nitrogens with one attached hydrogen (secondary N) is 1. The lowest BCUT2D eigenvalue weighted by Gasteiger charge is -2.40. The zero-order valence-electron chi connectivity index (χ0n) is 12.1. The van der Waals surface area contributed by atoms with Crippen LogP contribution in [0.15, 0.2) is 0 Å². The van der Waals surface area contributed by atoms with E-state index in [2.05, 4.69) is 19.2 Å². The monoisotopic (exact) mass is 304 g/mol. The van der Waals surface area contributed by atoms with E-state index in [1.807, 2.05) is 0 Å². The van der Waals surface area contributed by atoms with Crippen molar-refractivity contribution in [3.63, 3.8) is 0 Å². The second-order valence-corrected chi connectivity index (χ2v) is 7.88. The van der Waals surface area contributed by atoms with Gasteiger partial charge in [0.1, 0.15) is 6.04 Å². The highest BCUT2D eigenvalue weighted by Gasteiger charge is 2.41. The minimum atomic E-state index is -3.62. The van der Waals surface area contributed by atoms with Crippen molar-refractivity contribution >= 4 is 16.1 Å². The largest absolute Gasteiger partial charge is 0.368 e. The highest BCUT2D eigenvalue weighted by molar-refractivity contribution is 7.86. The van der Waals surface area contributed by atoms with Gasteiger partial charge in [0, 0.05) is 32.7 Å². The Balaban J connectivity index is 2.21. The molecule has 0 aromatic rings. The molecular weight excluding hydrogens is 280 g/mol. The van der Waals surface area contributed by atoms with Gasteiger partial charge in [-0.25, -0.2) is 0 Å². The van der Waals surface area contributed by atoms with Crippen LogP contribution < -0.4 is 11.1 Å². The molecule has 7 nitrogen and oxygen atoms in total. The first-order valence-corrected chi connectivity index (χ1v) is 8.49. The molecule has 3 N–H and O–H groups in total. The Morgan fingerprint density at radius 2 is 1.85 bits per heavy atom. The molecule has 0 spiro atoms. The molecule has 2 aliphatic rings. The van der Waals surface area contributed by atoms with E-state index in [1.165, 1.54) is 8.61 Å². The van der Waals surface area contributed by atoms with Gasteiger partial charge < -0.3 is 11.1 Å². The number of hydrogen-bond acceptors (Lipinski definition) is 4. The molecule has 20 heavy (non-hydrogen) atoms. The van der Waals surface area contributed by atoms with Crippen molar-refractivity contribution in [1.29, 1.82) is 0 Å². The lowest BCUT2D eigenvalue weighted by Crippen LogP contribution is -2.62. The number of carbonyl (C=O) groups is 1. The number of primary amides is 1. The Bertz CT molecular complexity index is 457. The van der Waals surface area contributed by atoms with Gasteiger partial charge in [-0.1, -0.05) is 13.8 Å². The van der Waals surface area contributed by atoms with Crippen LogP contribution >= 0.6 is 0 Å². The molecule has 0 bridgehead atoms. The van der Waals surface area contributed by atoms with E-state index in [4.69, 9.17) is 5.73 Å². The molecule has 2 rings (SSSR count). The van der Waals surface area contributed by atoms with E-state index in [0.717, 1.165) is 6.42 Å². The summed E-state index contributed by atoms with van der Waals surface area (Å²) in [6.07, 6.45) is 1.03. The second kappa shape index (κ2) is 5.97. The summed E-state index contributed by atoms with van der Waals surface area (Å²) in [5, 5.41) is 3.01. The summed E-state index contributed by atoms with van der Waals surface area (Å²) in [5.74, 6) is 0.0748. The zero-order chi connectivity index (χ0) is 14.9. The fourth-order valence-electron chi connectivity index (χ4n) is 3.15. The third-order valence-electron chi connectivity index (χ3n) is 3.98. The Morgan fingerprint density at radius 3 is 2.40 bits per heavy atom. The number of nitrogens with zero attached hydrogens (tertiary/aromatic N) is 2. The average molecular weight is 304 g/mol. The first kappa shape index (κ1) is 15.7. The molecule has 2 saturated heterocycles. The lowest BCUT2D eigenvalue weighted by atomic mass is 9.94. The third kappa shape index (κ3) is 3.13. The second-order valence-electron chi connectivity index (χ2n) is 6.00. The van der Waals surface area contributed by atoms with E-state index in [9.17, 15) is 13.2 Å². The molecule has 0 aromatic carbocycles. The Morgan fingerprint density at radius 1 is 1.25 bits per heavy atom. The SMILES string of the molecule is CC1CC(C)CN(S(=O)(=O)N2CCNCC2C(N)=O)C1. The molecule has 8 heteroatoms. The van der Waals surface area contributed by atoms with E-state index in [-0.39, 0.29) is 13.1 Å². The minimum Gasteiger partial charge on any atom is -0.368 e. The third-order valence-corrected chi connectivity index (χ3v) is 5.96. The van der Waals surface area contributed by atoms with Gasteiger partial charge in [0.2, 0.25) is 5.91 Å². The average Bonchev–Trinajstić information content (AvgIpc) is 2.37. The van der Waals surface area contributed by atoms with Gasteiger partial charge in [-0.3, -0.25) is 4.79 Å². The standard InChI is InChI=1S/C12H24N4O3S/c1-9-5-10(2)8-15(7-9)20(18,19)16-4-3-14-6-11(16)12(13)17/h9-11,14H,3-8H2,1-2H3,(H2,13,17). The maximum atomic E-state index is 12.8. The van der Waals surface area contributed by atoms with Crippen LogP contribution in [0.2, 0.25) is 0 Å². The van der Waals surface area contributed by atoms with Crippen molar-refractivity contribution in [1.82, 2.24) is 13.9 Å². The number of nitrogens with two attached hydrogens (primary N) is 1. The number of carbonyl (C=O) groups excluding carboxylic acids is 1. The van der Waals surface area contributed by atoms with Crippen LogP contribution in [0.1, 0.15) is 20.3 Å². The van der Waals surface area contributed by atoms with E-state index >= 15 is 0 Å². The van der Waals surface area contributed by atoms with Crippen LogP contribution in [0.3, 0.4) is 0 Å². The molecule has 2 aliphatic heterocycles. The summed E-state index contributed by atoms with van der Waals surface area (Å²) in [6.45, 7) is 6.26. The van der Waals surface area contributed by atoms with Crippen LogP contribution in [0.25, 0.3) is 0 Å². The van der Waals surface area contributed by atoms with Gasteiger partial charge in [0.05, 0.1) is 0 Å². The number of piperazine rings is 1. The van der Waals surface area contributed by atoms with Gasteiger partial charge in [-0.15, -0.1) is 0 Å². The van der Waals surface area contributed by atoms with Crippen LogP contribution in [-0.2, 0) is 15.0 Å². The first-order valence-electron chi connectivity index (χ1n) is 7.09. The number of amides is 1. The van der Waals surface area contributed by atoms with Gasteiger partial charge in [-0.2, -0.15) is 17.0 Å². The van der Waals surface area contributed by atoms with E-state index in [1.54, 1.807) is 0 Å². The fourth-order valence-corrected chi connectivity index (χ4v) is 5.15. The zero-order valence-corrected chi connectivity index (χ0v) is 12.9. The number of piperidine rings is 1. The molecule has 116 valence electrons. The van der Waals surface area contributed by atoms with E-state index < -0.39 is 22.2 Å². The van der Waals surface area contributed by atoms with Gasteiger partial charge in [0.25, 0.3) is 10.2 Å². The molecule has 0 aromatic heterocycles.